The maximum Gasteiger partial charge on any atom is 0.234 e. The van der Waals surface area contributed by atoms with Gasteiger partial charge in [0.25, 0.3) is 0 Å². The number of amides is 1. The van der Waals surface area contributed by atoms with Gasteiger partial charge in [-0.2, -0.15) is 0 Å². The lowest BCUT2D eigenvalue weighted by Gasteiger charge is -2.22. The summed E-state index contributed by atoms with van der Waals surface area (Å²) in [6.45, 7) is 1.61. The third-order valence-electron chi connectivity index (χ3n) is 4.35. The van der Waals surface area contributed by atoms with Crippen molar-refractivity contribution in [2.24, 2.45) is 0 Å². The van der Waals surface area contributed by atoms with Crippen molar-refractivity contribution in [1.29, 1.82) is 0 Å². The molecule has 1 amide bonds. The number of rotatable bonds is 8. The summed E-state index contributed by atoms with van der Waals surface area (Å²) in [5.41, 5.74) is 2.11. The molecule has 2 aromatic carbocycles. The fourth-order valence-corrected chi connectivity index (χ4v) is 3.11. The van der Waals surface area contributed by atoms with Gasteiger partial charge in [0.1, 0.15) is 5.75 Å². The summed E-state index contributed by atoms with van der Waals surface area (Å²) in [6, 6.07) is 16.0. The van der Waals surface area contributed by atoms with E-state index in [0.29, 0.717) is 24.2 Å². The number of para-hydroxylation sites is 1. The van der Waals surface area contributed by atoms with Crippen LogP contribution in [0.25, 0.3) is 0 Å². The standard InChI is InChI=1S/C20H23ClN2O2/c1-25-19-8-3-2-6-16(19)13-23(18-9-10-18)14-20(24)22-12-15-5-4-7-17(21)11-15/h2-8,11,18H,9-10,12-14H2,1H3,(H,22,24). The second kappa shape index (κ2) is 8.37. The fourth-order valence-electron chi connectivity index (χ4n) is 2.89. The minimum absolute atomic E-state index is 0.0294. The summed E-state index contributed by atoms with van der Waals surface area (Å²) in [5, 5.41) is 3.67. The number of methoxy groups -OCH3 is 1. The molecule has 0 radical (unpaired) electrons. The number of hydrogen-bond acceptors (Lipinski definition) is 3. The van der Waals surface area contributed by atoms with Gasteiger partial charge < -0.3 is 10.1 Å². The molecule has 1 aliphatic carbocycles. The van der Waals surface area contributed by atoms with Gasteiger partial charge in [-0.1, -0.05) is 41.9 Å². The Balaban J connectivity index is 1.57. The molecule has 0 heterocycles. The minimum Gasteiger partial charge on any atom is -0.496 e. The maximum absolute atomic E-state index is 12.4. The van der Waals surface area contributed by atoms with E-state index in [1.165, 1.54) is 0 Å². The van der Waals surface area contributed by atoms with Crippen LogP contribution in [-0.2, 0) is 17.9 Å². The van der Waals surface area contributed by atoms with Crippen molar-refractivity contribution in [3.05, 3.63) is 64.7 Å². The van der Waals surface area contributed by atoms with Crippen molar-refractivity contribution in [3.63, 3.8) is 0 Å². The number of ether oxygens (including phenoxy) is 1. The van der Waals surface area contributed by atoms with E-state index in [1.54, 1.807) is 7.11 Å². The average molecular weight is 359 g/mol. The fraction of sp³-hybridized carbons (Fsp3) is 0.350. The molecule has 0 aromatic heterocycles. The van der Waals surface area contributed by atoms with Gasteiger partial charge in [0.15, 0.2) is 0 Å². The molecule has 0 aliphatic heterocycles. The van der Waals surface area contributed by atoms with Crippen LogP contribution in [0.15, 0.2) is 48.5 Å². The van der Waals surface area contributed by atoms with Gasteiger partial charge in [0.05, 0.1) is 13.7 Å². The molecule has 0 spiro atoms. The van der Waals surface area contributed by atoms with E-state index in [-0.39, 0.29) is 5.91 Å². The minimum atomic E-state index is 0.0294. The van der Waals surface area contributed by atoms with Gasteiger partial charge in [-0.15, -0.1) is 0 Å². The van der Waals surface area contributed by atoms with Crippen LogP contribution in [0.4, 0.5) is 0 Å². The van der Waals surface area contributed by atoms with Gasteiger partial charge in [-0.25, -0.2) is 0 Å². The molecule has 1 N–H and O–H groups in total. The molecule has 132 valence electrons. The van der Waals surface area contributed by atoms with Gasteiger partial charge >= 0.3 is 0 Å². The molecule has 1 fully saturated rings. The first-order valence-electron chi connectivity index (χ1n) is 8.53. The van der Waals surface area contributed by atoms with Crippen LogP contribution in [-0.4, -0.2) is 30.5 Å². The van der Waals surface area contributed by atoms with Gasteiger partial charge in [-0.05, 0) is 36.6 Å². The Hall–Kier alpha value is -2.04. The highest BCUT2D eigenvalue weighted by molar-refractivity contribution is 6.30. The Kier molecular flexibility index (Phi) is 5.95. The highest BCUT2D eigenvalue weighted by atomic mass is 35.5. The molecule has 0 atom stereocenters. The van der Waals surface area contributed by atoms with Crippen molar-refractivity contribution in [2.75, 3.05) is 13.7 Å². The Labute approximate surface area is 153 Å². The topological polar surface area (TPSA) is 41.6 Å². The predicted molar refractivity (Wildman–Crippen MR) is 99.7 cm³/mol. The third-order valence-corrected chi connectivity index (χ3v) is 4.59. The highest BCUT2D eigenvalue weighted by Crippen LogP contribution is 2.30. The number of carbonyl (C=O) groups excluding carboxylic acids is 1. The van der Waals surface area contributed by atoms with Crippen molar-refractivity contribution in [1.82, 2.24) is 10.2 Å². The smallest absolute Gasteiger partial charge is 0.234 e. The van der Waals surface area contributed by atoms with Crippen molar-refractivity contribution >= 4 is 17.5 Å². The Morgan fingerprint density at radius 3 is 2.76 bits per heavy atom. The predicted octanol–water partition coefficient (Wildman–Crippen LogP) is 3.63. The molecule has 5 heteroatoms. The second-order valence-corrected chi connectivity index (χ2v) is 6.79. The number of halogens is 1. The monoisotopic (exact) mass is 358 g/mol. The molecule has 4 nitrogen and oxygen atoms in total. The number of nitrogens with one attached hydrogen (secondary N) is 1. The number of carbonyl (C=O) groups is 1. The molecular formula is C20H23ClN2O2. The zero-order valence-electron chi connectivity index (χ0n) is 14.4. The first kappa shape index (κ1) is 17.8. The van der Waals surface area contributed by atoms with E-state index in [0.717, 1.165) is 36.3 Å². The van der Waals surface area contributed by atoms with Crippen LogP contribution in [0.2, 0.25) is 5.02 Å². The SMILES string of the molecule is COc1ccccc1CN(CC(=O)NCc1cccc(Cl)c1)C1CC1. The Bertz CT molecular complexity index is 731. The average Bonchev–Trinajstić information content (AvgIpc) is 3.45. The van der Waals surface area contributed by atoms with Gasteiger partial charge in [0, 0.05) is 29.7 Å². The molecule has 0 bridgehead atoms. The molecule has 3 rings (SSSR count). The Morgan fingerprint density at radius 1 is 1.24 bits per heavy atom. The summed E-state index contributed by atoms with van der Waals surface area (Å²) < 4.78 is 5.43. The van der Waals surface area contributed by atoms with Crippen LogP contribution >= 0.6 is 11.6 Å². The first-order chi connectivity index (χ1) is 12.2. The number of nitrogens with zero attached hydrogens (tertiary/aromatic N) is 1. The molecule has 1 aliphatic rings. The molecular weight excluding hydrogens is 336 g/mol. The third kappa shape index (κ3) is 5.21. The normalized spacial score (nSPS) is 13.7. The van der Waals surface area contributed by atoms with E-state index in [2.05, 4.69) is 16.3 Å². The summed E-state index contributed by atoms with van der Waals surface area (Å²) in [5.74, 6) is 0.897. The quantitative estimate of drug-likeness (QED) is 0.783. The van der Waals surface area contributed by atoms with E-state index >= 15 is 0 Å². The van der Waals surface area contributed by atoms with Crippen molar-refractivity contribution < 1.29 is 9.53 Å². The lowest BCUT2D eigenvalue weighted by Crippen LogP contribution is -2.37. The van der Waals surface area contributed by atoms with Crippen molar-refractivity contribution in [2.45, 2.75) is 32.0 Å². The zero-order chi connectivity index (χ0) is 17.6. The molecule has 1 saturated carbocycles. The number of hydrogen-bond donors (Lipinski definition) is 1. The molecule has 0 saturated heterocycles. The summed E-state index contributed by atoms with van der Waals surface area (Å²) in [6.07, 6.45) is 2.30. The first-order valence-corrected chi connectivity index (χ1v) is 8.90. The lowest BCUT2D eigenvalue weighted by atomic mass is 10.2. The van der Waals surface area contributed by atoms with Gasteiger partial charge in [0.2, 0.25) is 5.91 Å². The van der Waals surface area contributed by atoms with Gasteiger partial charge in [-0.3, -0.25) is 9.69 Å². The summed E-state index contributed by atoms with van der Waals surface area (Å²) in [4.78, 5) is 14.6. The van der Waals surface area contributed by atoms with E-state index in [4.69, 9.17) is 16.3 Å². The van der Waals surface area contributed by atoms with E-state index in [9.17, 15) is 4.79 Å². The van der Waals surface area contributed by atoms with Crippen LogP contribution < -0.4 is 10.1 Å². The lowest BCUT2D eigenvalue weighted by molar-refractivity contribution is -0.122. The van der Waals surface area contributed by atoms with Crippen LogP contribution in [0.3, 0.4) is 0 Å². The van der Waals surface area contributed by atoms with E-state index < -0.39 is 0 Å². The molecule has 0 unspecified atom stereocenters. The molecule has 25 heavy (non-hydrogen) atoms. The highest BCUT2D eigenvalue weighted by Gasteiger charge is 2.30. The largest absolute Gasteiger partial charge is 0.496 e. The maximum atomic E-state index is 12.4. The van der Waals surface area contributed by atoms with Crippen molar-refractivity contribution in [3.8, 4) is 5.75 Å². The van der Waals surface area contributed by atoms with Crippen LogP contribution in [0.1, 0.15) is 24.0 Å². The van der Waals surface area contributed by atoms with Crippen LogP contribution in [0, 0.1) is 0 Å². The zero-order valence-corrected chi connectivity index (χ0v) is 15.1. The number of benzene rings is 2. The Morgan fingerprint density at radius 2 is 2.04 bits per heavy atom. The molecule has 2 aromatic rings. The summed E-state index contributed by atoms with van der Waals surface area (Å²) >= 11 is 5.98. The summed E-state index contributed by atoms with van der Waals surface area (Å²) in [7, 11) is 1.68. The van der Waals surface area contributed by atoms with E-state index in [1.807, 2.05) is 42.5 Å². The second-order valence-electron chi connectivity index (χ2n) is 6.35. The van der Waals surface area contributed by atoms with Crippen LogP contribution in [0.5, 0.6) is 5.75 Å².